The normalized spacial score (nSPS) is 13.1. The minimum Gasteiger partial charge on any atom is -0.333 e. The third kappa shape index (κ3) is 3.67. The predicted octanol–water partition coefficient (Wildman–Crippen LogP) is 2.07. The molecule has 9 heteroatoms. The van der Waals surface area contributed by atoms with E-state index in [4.69, 9.17) is 10.7 Å². The van der Waals surface area contributed by atoms with E-state index in [-0.39, 0.29) is 12.4 Å². The molecular weight excluding hydrogens is 269 g/mol. The quantitative estimate of drug-likeness (QED) is 0.794. The summed E-state index contributed by atoms with van der Waals surface area (Å²) in [5, 5.41) is -0.436. The lowest BCUT2D eigenvalue weighted by Crippen LogP contribution is -2.12. The second kappa shape index (κ2) is 4.25. The highest BCUT2D eigenvalue weighted by Gasteiger charge is 2.27. The molecule has 0 amide bonds. The molecule has 1 aromatic heterocycles. The Balaban J connectivity index is 2.88. The Morgan fingerprint density at radius 1 is 1.50 bits per heavy atom. The zero-order valence-electron chi connectivity index (χ0n) is 8.12. The fraction of sp³-hybridized carbons (Fsp3) is 0.571. The average Bonchev–Trinajstić information content (AvgIpc) is 2.41. The molecule has 0 aromatic carbocycles. The SMILES string of the molecule is Cc1nc(S(=O)(=O)Cl)cn1CCC(F)(F)F. The van der Waals surface area contributed by atoms with E-state index in [0.29, 0.717) is 0 Å². The molecule has 0 spiro atoms. The van der Waals surface area contributed by atoms with Crippen molar-refractivity contribution in [3.63, 3.8) is 0 Å². The first kappa shape index (κ1) is 13.3. The number of hydrogen-bond donors (Lipinski definition) is 0. The van der Waals surface area contributed by atoms with Crippen LogP contribution >= 0.6 is 10.7 Å². The molecule has 1 heterocycles. The molecule has 0 aliphatic rings. The Morgan fingerprint density at radius 3 is 2.44 bits per heavy atom. The Labute approximate surface area is 94.5 Å². The molecule has 0 radical (unpaired) electrons. The number of rotatable bonds is 3. The standard InChI is InChI=1S/C7H8ClF3N2O2S/c1-5-12-6(16(8,14)15)4-13(5)3-2-7(9,10)11/h4H,2-3H2,1H3. The van der Waals surface area contributed by atoms with Crippen LogP contribution in [-0.2, 0) is 15.6 Å². The highest BCUT2D eigenvalue weighted by atomic mass is 35.7. The number of imidazole rings is 1. The van der Waals surface area contributed by atoms with Crippen LogP contribution in [0.25, 0.3) is 0 Å². The summed E-state index contributed by atoms with van der Waals surface area (Å²) in [5.41, 5.74) is 0. The van der Waals surface area contributed by atoms with Gasteiger partial charge in [0.05, 0.1) is 6.42 Å². The Kier molecular flexibility index (Phi) is 3.53. The van der Waals surface area contributed by atoms with Gasteiger partial charge in [-0.15, -0.1) is 0 Å². The molecule has 16 heavy (non-hydrogen) atoms. The van der Waals surface area contributed by atoms with Crippen LogP contribution in [0.15, 0.2) is 11.2 Å². The summed E-state index contributed by atoms with van der Waals surface area (Å²) in [6, 6.07) is 0. The van der Waals surface area contributed by atoms with Gasteiger partial charge in [0.25, 0.3) is 9.05 Å². The maximum atomic E-state index is 11.9. The third-order valence-corrected chi connectivity index (χ3v) is 3.01. The number of alkyl halides is 3. The van der Waals surface area contributed by atoms with Crippen LogP contribution in [0.5, 0.6) is 0 Å². The first-order valence-corrected chi connectivity index (χ1v) is 6.46. The molecule has 0 aliphatic carbocycles. The van der Waals surface area contributed by atoms with Crippen LogP contribution in [0.3, 0.4) is 0 Å². The Morgan fingerprint density at radius 2 is 2.06 bits per heavy atom. The maximum Gasteiger partial charge on any atom is 0.390 e. The van der Waals surface area contributed by atoms with Gasteiger partial charge < -0.3 is 4.57 Å². The molecule has 0 fully saturated rings. The van der Waals surface area contributed by atoms with Crippen molar-refractivity contribution in [2.75, 3.05) is 0 Å². The number of nitrogens with zero attached hydrogens (tertiary/aromatic N) is 2. The van der Waals surface area contributed by atoms with Gasteiger partial charge in [-0.2, -0.15) is 13.2 Å². The molecule has 0 N–H and O–H groups in total. The summed E-state index contributed by atoms with van der Waals surface area (Å²) in [4.78, 5) is 3.56. The Hall–Kier alpha value is -0.760. The fourth-order valence-corrected chi connectivity index (χ4v) is 1.79. The van der Waals surface area contributed by atoms with Gasteiger partial charge in [0.15, 0.2) is 5.03 Å². The molecule has 92 valence electrons. The van der Waals surface area contributed by atoms with Crippen LogP contribution in [0.2, 0.25) is 0 Å². The average molecular weight is 277 g/mol. The van der Waals surface area contributed by atoms with Crippen LogP contribution < -0.4 is 0 Å². The van der Waals surface area contributed by atoms with Gasteiger partial charge in [-0.3, -0.25) is 0 Å². The monoisotopic (exact) mass is 276 g/mol. The van der Waals surface area contributed by atoms with Gasteiger partial charge in [-0.1, -0.05) is 0 Å². The summed E-state index contributed by atoms with van der Waals surface area (Å²) >= 11 is 0. The van der Waals surface area contributed by atoms with E-state index in [1.54, 1.807) is 0 Å². The zero-order chi connectivity index (χ0) is 12.6. The number of aromatic nitrogens is 2. The summed E-state index contributed by atoms with van der Waals surface area (Å²) in [6.07, 6.45) is -4.36. The van der Waals surface area contributed by atoms with Crippen molar-refractivity contribution < 1.29 is 21.6 Å². The van der Waals surface area contributed by atoms with Crippen LogP contribution in [0, 0.1) is 6.92 Å². The molecule has 1 rings (SSSR count). The third-order valence-electron chi connectivity index (χ3n) is 1.84. The number of aryl methyl sites for hydroxylation is 2. The van der Waals surface area contributed by atoms with E-state index in [9.17, 15) is 21.6 Å². The highest BCUT2D eigenvalue weighted by Crippen LogP contribution is 2.21. The van der Waals surface area contributed by atoms with Crippen molar-refractivity contribution in [3.05, 3.63) is 12.0 Å². The van der Waals surface area contributed by atoms with Crippen molar-refractivity contribution in [3.8, 4) is 0 Å². The van der Waals surface area contributed by atoms with Crippen molar-refractivity contribution in [2.24, 2.45) is 0 Å². The highest BCUT2D eigenvalue weighted by molar-refractivity contribution is 8.13. The van der Waals surface area contributed by atoms with E-state index >= 15 is 0 Å². The van der Waals surface area contributed by atoms with E-state index in [0.717, 1.165) is 10.8 Å². The van der Waals surface area contributed by atoms with Crippen molar-refractivity contribution in [1.29, 1.82) is 0 Å². The van der Waals surface area contributed by atoms with E-state index < -0.39 is 26.7 Å². The minimum absolute atomic E-state index is 0.170. The molecule has 0 bridgehead atoms. The lowest BCUT2D eigenvalue weighted by molar-refractivity contribution is -0.136. The van der Waals surface area contributed by atoms with Crippen molar-refractivity contribution in [1.82, 2.24) is 9.55 Å². The lowest BCUT2D eigenvalue weighted by atomic mass is 10.4. The maximum absolute atomic E-state index is 11.9. The van der Waals surface area contributed by atoms with E-state index in [2.05, 4.69) is 4.98 Å². The van der Waals surface area contributed by atoms with Gasteiger partial charge >= 0.3 is 6.18 Å². The van der Waals surface area contributed by atoms with Gasteiger partial charge in [-0.05, 0) is 6.92 Å². The Bertz CT molecular complexity index is 480. The summed E-state index contributed by atoms with van der Waals surface area (Å²) < 4.78 is 58.6. The largest absolute Gasteiger partial charge is 0.390 e. The predicted molar refractivity (Wildman–Crippen MR) is 50.7 cm³/mol. The second-order valence-corrected chi connectivity index (χ2v) is 5.64. The lowest BCUT2D eigenvalue weighted by Gasteiger charge is -2.07. The fourth-order valence-electron chi connectivity index (χ4n) is 1.07. The topological polar surface area (TPSA) is 52.0 Å². The molecule has 0 aliphatic heterocycles. The summed E-state index contributed by atoms with van der Waals surface area (Å²) in [6.45, 7) is 1.02. The first-order valence-electron chi connectivity index (χ1n) is 4.15. The molecule has 0 atom stereocenters. The van der Waals surface area contributed by atoms with E-state index in [1.165, 1.54) is 6.92 Å². The van der Waals surface area contributed by atoms with Crippen LogP contribution in [0.4, 0.5) is 13.2 Å². The van der Waals surface area contributed by atoms with Crippen molar-refractivity contribution >= 4 is 19.7 Å². The van der Waals surface area contributed by atoms with Gasteiger partial charge in [0, 0.05) is 23.4 Å². The number of hydrogen-bond acceptors (Lipinski definition) is 3. The van der Waals surface area contributed by atoms with Crippen molar-refractivity contribution in [2.45, 2.75) is 31.1 Å². The van der Waals surface area contributed by atoms with Gasteiger partial charge in [0.1, 0.15) is 5.82 Å². The molecule has 0 saturated carbocycles. The van der Waals surface area contributed by atoms with E-state index in [1.807, 2.05) is 0 Å². The molecular formula is C7H8ClF3N2O2S. The molecule has 0 unspecified atom stereocenters. The summed E-state index contributed by atoms with van der Waals surface area (Å²) in [5.74, 6) is 0.170. The molecule has 4 nitrogen and oxygen atoms in total. The molecule has 1 aromatic rings. The van der Waals surface area contributed by atoms with Gasteiger partial charge in [0.2, 0.25) is 0 Å². The second-order valence-electron chi connectivity index (χ2n) is 3.12. The summed E-state index contributed by atoms with van der Waals surface area (Å²) in [7, 11) is 1.01. The van der Waals surface area contributed by atoms with Crippen LogP contribution in [-0.4, -0.2) is 24.1 Å². The smallest absolute Gasteiger partial charge is 0.333 e. The number of halogens is 4. The zero-order valence-corrected chi connectivity index (χ0v) is 9.70. The minimum atomic E-state index is -4.29. The van der Waals surface area contributed by atoms with Crippen LogP contribution in [0.1, 0.15) is 12.2 Å². The van der Waals surface area contributed by atoms with Gasteiger partial charge in [-0.25, -0.2) is 13.4 Å². The first-order chi connectivity index (χ1) is 7.09. The molecule has 0 saturated heterocycles.